The van der Waals surface area contributed by atoms with Gasteiger partial charge < -0.3 is 10.1 Å². The molecule has 18 heavy (non-hydrogen) atoms. The van der Waals surface area contributed by atoms with Gasteiger partial charge in [0.25, 0.3) is 0 Å². The van der Waals surface area contributed by atoms with Crippen LogP contribution in [0.3, 0.4) is 0 Å². The molecule has 0 aliphatic rings. The third-order valence-corrected chi connectivity index (χ3v) is 3.52. The van der Waals surface area contributed by atoms with Gasteiger partial charge in [0.2, 0.25) is 0 Å². The van der Waals surface area contributed by atoms with Crippen LogP contribution < -0.4 is 10.1 Å². The Labute approximate surface area is 117 Å². The Morgan fingerprint density at radius 3 is 2.50 bits per heavy atom. The fourth-order valence-corrected chi connectivity index (χ4v) is 2.20. The van der Waals surface area contributed by atoms with E-state index in [1.807, 2.05) is 0 Å². The SMILES string of the molecule is COc1cc(C(C)C)ccc1C(C)(C)CNCS. The molecule has 102 valence electrons. The first kappa shape index (κ1) is 15.4. The second kappa shape index (κ2) is 6.48. The first-order valence-electron chi connectivity index (χ1n) is 6.42. The molecule has 0 bridgehead atoms. The minimum atomic E-state index is 0.0313. The van der Waals surface area contributed by atoms with E-state index in [9.17, 15) is 0 Å². The van der Waals surface area contributed by atoms with Crippen molar-refractivity contribution in [3.63, 3.8) is 0 Å². The number of benzene rings is 1. The standard InChI is InChI=1S/C15H25NOS/c1-11(2)12-6-7-13(14(8-12)17-5)15(3,4)9-16-10-18/h6-8,11,16,18H,9-10H2,1-5H3. The van der Waals surface area contributed by atoms with Crippen LogP contribution in [0.5, 0.6) is 5.75 Å². The maximum atomic E-state index is 5.56. The van der Waals surface area contributed by atoms with Crippen LogP contribution in [-0.2, 0) is 5.41 Å². The molecular weight excluding hydrogens is 242 g/mol. The van der Waals surface area contributed by atoms with E-state index in [0.717, 1.165) is 12.3 Å². The molecule has 0 unspecified atom stereocenters. The van der Waals surface area contributed by atoms with E-state index < -0.39 is 0 Å². The molecule has 2 nitrogen and oxygen atoms in total. The van der Waals surface area contributed by atoms with Crippen LogP contribution in [-0.4, -0.2) is 19.5 Å². The van der Waals surface area contributed by atoms with E-state index >= 15 is 0 Å². The number of hydrogen-bond donors (Lipinski definition) is 2. The summed E-state index contributed by atoms with van der Waals surface area (Å²) in [5, 5.41) is 3.28. The van der Waals surface area contributed by atoms with Crippen LogP contribution in [0.1, 0.15) is 44.7 Å². The molecule has 0 aromatic heterocycles. The lowest BCUT2D eigenvalue weighted by Gasteiger charge is -2.28. The van der Waals surface area contributed by atoms with Gasteiger partial charge in [-0.1, -0.05) is 39.8 Å². The minimum Gasteiger partial charge on any atom is -0.496 e. The molecule has 0 saturated carbocycles. The molecule has 1 aromatic rings. The van der Waals surface area contributed by atoms with Gasteiger partial charge in [-0.15, -0.1) is 0 Å². The predicted octanol–water partition coefficient (Wildman–Crippen LogP) is 3.57. The number of rotatable bonds is 6. The fraction of sp³-hybridized carbons (Fsp3) is 0.600. The van der Waals surface area contributed by atoms with Gasteiger partial charge in [-0.3, -0.25) is 0 Å². The van der Waals surface area contributed by atoms with Gasteiger partial charge in [0.05, 0.1) is 7.11 Å². The summed E-state index contributed by atoms with van der Waals surface area (Å²) >= 11 is 4.19. The number of ether oxygens (including phenoxy) is 1. The largest absolute Gasteiger partial charge is 0.496 e. The average molecular weight is 267 g/mol. The van der Waals surface area contributed by atoms with E-state index in [1.54, 1.807) is 7.11 Å². The highest BCUT2D eigenvalue weighted by molar-refractivity contribution is 7.80. The van der Waals surface area contributed by atoms with E-state index in [-0.39, 0.29) is 5.41 Å². The van der Waals surface area contributed by atoms with Crippen molar-refractivity contribution in [2.24, 2.45) is 0 Å². The highest BCUT2D eigenvalue weighted by Gasteiger charge is 2.24. The normalized spacial score (nSPS) is 11.9. The molecule has 0 saturated heterocycles. The lowest BCUT2D eigenvalue weighted by molar-refractivity contribution is 0.387. The topological polar surface area (TPSA) is 21.3 Å². The summed E-state index contributed by atoms with van der Waals surface area (Å²) < 4.78 is 5.56. The number of methoxy groups -OCH3 is 1. The molecule has 0 aliphatic carbocycles. The van der Waals surface area contributed by atoms with E-state index in [0.29, 0.717) is 11.8 Å². The van der Waals surface area contributed by atoms with Gasteiger partial charge in [0.15, 0.2) is 0 Å². The van der Waals surface area contributed by atoms with E-state index in [2.05, 4.69) is 63.8 Å². The van der Waals surface area contributed by atoms with E-state index in [4.69, 9.17) is 4.74 Å². The number of nitrogens with one attached hydrogen (secondary N) is 1. The minimum absolute atomic E-state index is 0.0313. The van der Waals surface area contributed by atoms with Gasteiger partial charge >= 0.3 is 0 Å². The van der Waals surface area contributed by atoms with Gasteiger partial charge in [0, 0.05) is 23.4 Å². The summed E-state index contributed by atoms with van der Waals surface area (Å²) in [6.07, 6.45) is 0. The zero-order chi connectivity index (χ0) is 13.8. The van der Waals surface area contributed by atoms with Crippen molar-refractivity contribution in [2.45, 2.75) is 39.0 Å². The molecule has 0 amide bonds. The Bertz CT molecular complexity index is 388. The molecule has 1 rings (SSSR count). The van der Waals surface area contributed by atoms with Crippen LogP contribution in [0, 0.1) is 0 Å². The van der Waals surface area contributed by atoms with Gasteiger partial charge in [-0.2, -0.15) is 12.6 Å². The molecule has 3 heteroatoms. The quantitative estimate of drug-likeness (QED) is 0.607. The van der Waals surface area contributed by atoms with Crippen molar-refractivity contribution in [1.29, 1.82) is 0 Å². The lowest BCUT2D eigenvalue weighted by atomic mass is 9.83. The van der Waals surface area contributed by atoms with Crippen molar-refractivity contribution in [3.8, 4) is 5.75 Å². The molecule has 0 radical (unpaired) electrons. The molecular formula is C15H25NOS. The smallest absolute Gasteiger partial charge is 0.122 e. The average Bonchev–Trinajstić information content (AvgIpc) is 2.35. The Kier molecular flexibility index (Phi) is 5.54. The molecule has 0 spiro atoms. The van der Waals surface area contributed by atoms with Gasteiger partial charge in [-0.25, -0.2) is 0 Å². The molecule has 1 N–H and O–H groups in total. The predicted molar refractivity (Wildman–Crippen MR) is 82.0 cm³/mol. The Balaban J connectivity index is 3.08. The highest BCUT2D eigenvalue weighted by Crippen LogP contribution is 2.33. The number of thiol groups is 1. The van der Waals surface area contributed by atoms with Crippen molar-refractivity contribution in [3.05, 3.63) is 29.3 Å². The van der Waals surface area contributed by atoms with E-state index in [1.165, 1.54) is 11.1 Å². The zero-order valence-corrected chi connectivity index (χ0v) is 13.0. The van der Waals surface area contributed by atoms with Crippen molar-refractivity contribution in [1.82, 2.24) is 5.32 Å². The summed E-state index contributed by atoms with van der Waals surface area (Å²) in [6, 6.07) is 6.54. The molecule has 1 aromatic carbocycles. The molecule has 0 aliphatic heterocycles. The maximum absolute atomic E-state index is 5.56. The van der Waals surface area contributed by atoms with Gasteiger partial charge in [0.1, 0.15) is 5.75 Å². The summed E-state index contributed by atoms with van der Waals surface area (Å²) in [6.45, 7) is 9.71. The molecule has 0 atom stereocenters. The Morgan fingerprint density at radius 2 is 2.00 bits per heavy atom. The van der Waals surface area contributed by atoms with Gasteiger partial charge in [-0.05, 0) is 17.5 Å². The second-order valence-electron chi connectivity index (χ2n) is 5.58. The van der Waals surface area contributed by atoms with Crippen LogP contribution in [0.4, 0.5) is 0 Å². The van der Waals surface area contributed by atoms with Crippen LogP contribution in [0.15, 0.2) is 18.2 Å². The van der Waals surface area contributed by atoms with Crippen LogP contribution in [0.25, 0.3) is 0 Å². The first-order valence-corrected chi connectivity index (χ1v) is 7.05. The Morgan fingerprint density at radius 1 is 1.33 bits per heavy atom. The summed E-state index contributed by atoms with van der Waals surface area (Å²) in [4.78, 5) is 0. The van der Waals surface area contributed by atoms with Crippen molar-refractivity contribution in [2.75, 3.05) is 19.5 Å². The van der Waals surface area contributed by atoms with Crippen molar-refractivity contribution < 1.29 is 4.74 Å². The summed E-state index contributed by atoms with van der Waals surface area (Å²) in [5.41, 5.74) is 2.58. The zero-order valence-electron chi connectivity index (χ0n) is 12.1. The maximum Gasteiger partial charge on any atom is 0.122 e. The second-order valence-corrected chi connectivity index (χ2v) is 5.90. The van der Waals surface area contributed by atoms with Crippen LogP contribution >= 0.6 is 12.6 Å². The third kappa shape index (κ3) is 3.66. The highest BCUT2D eigenvalue weighted by atomic mass is 32.1. The molecule has 0 fully saturated rings. The number of hydrogen-bond acceptors (Lipinski definition) is 3. The Hall–Kier alpha value is -0.670. The summed E-state index contributed by atoms with van der Waals surface area (Å²) in [7, 11) is 1.74. The first-order chi connectivity index (χ1) is 8.42. The van der Waals surface area contributed by atoms with Crippen LogP contribution in [0.2, 0.25) is 0 Å². The molecule has 0 heterocycles. The summed E-state index contributed by atoms with van der Waals surface area (Å²) in [5.74, 6) is 2.19. The van der Waals surface area contributed by atoms with Crippen molar-refractivity contribution >= 4 is 12.6 Å². The fourth-order valence-electron chi connectivity index (χ4n) is 2.09. The third-order valence-electron chi connectivity index (χ3n) is 3.30. The monoisotopic (exact) mass is 267 g/mol. The lowest BCUT2D eigenvalue weighted by Crippen LogP contribution is -2.32.